The number of anilines is 1. The van der Waals surface area contributed by atoms with E-state index in [1.807, 2.05) is 31.2 Å². The molecule has 6 heteroatoms. The fourth-order valence-electron chi connectivity index (χ4n) is 2.41. The largest absolute Gasteiger partial charge is 0.361 e. The molecule has 0 unspecified atom stereocenters. The number of carbonyl (C=O) groups is 2. The highest BCUT2D eigenvalue weighted by molar-refractivity contribution is 5.97. The first-order chi connectivity index (χ1) is 10.5. The van der Waals surface area contributed by atoms with Gasteiger partial charge in [-0.1, -0.05) is 17.3 Å². The smallest absolute Gasteiger partial charge is 0.276 e. The van der Waals surface area contributed by atoms with Crippen molar-refractivity contribution in [2.45, 2.75) is 13.8 Å². The Morgan fingerprint density at radius 3 is 2.68 bits per heavy atom. The van der Waals surface area contributed by atoms with E-state index in [2.05, 4.69) is 10.5 Å². The lowest BCUT2D eigenvalue weighted by Crippen LogP contribution is -2.54. The van der Waals surface area contributed by atoms with Gasteiger partial charge in [0.05, 0.1) is 5.92 Å². The summed E-state index contributed by atoms with van der Waals surface area (Å²) in [6, 6.07) is 9.23. The molecule has 0 atom stereocenters. The van der Waals surface area contributed by atoms with Gasteiger partial charge in [-0.05, 0) is 31.5 Å². The zero-order valence-corrected chi connectivity index (χ0v) is 12.5. The Morgan fingerprint density at radius 2 is 2.05 bits per heavy atom. The van der Waals surface area contributed by atoms with Crippen LogP contribution in [-0.2, 0) is 4.79 Å². The van der Waals surface area contributed by atoms with Crippen LogP contribution in [0.3, 0.4) is 0 Å². The van der Waals surface area contributed by atoms with Crippen molar-refractivity contribution in [2.75, 3.05) is 18.4 Å². The van der Waals surface area contributed by atoms with Crippen molar-refractivity contribution in [3.8, 4) is 0 Å². The van der Waals surface area contributed by atoms with E-state index in [-0.39, 0.29) is 23.4 Å². The number of rotatable bonds is 3. The molecule has 22 heavy (non-hydrogen) atoms. The first-order valence-corrected chi connectivity index (χ1v) is 7.13. The van der Waals surface area contributed by atoms with Crippen LogP contribution in [0, 0.1) is 19.8 Å². The summed E-state index contributed by atoms with van der Waals surface area (Å²) in [4.78, 5) is 25.8. The van der Waals surface area contributed by atoms with E-state index < -0.39 is 0 Å². The summed E-state index contributed by atoms with van der Waals surface area (Å²) in [5.74, 6) is 0.150. The van der Waals surface area contributed by atoms with Gasteiger partial charge in [-0.15, -0.1) is 0 Å². The molecular formula is C16H17N3O3. The summed E-state index contributed by atoms with van der Waals surface area (Å²) in [7, 11) is 0. The van der Waals surface area contributed by atoms with Crippen molar-refractivity contribution in [1.29, 1.82) is 0 Å². The summed E-state index contributed by atoms with van der Waals surface area (Å²) in [5.41, 5.74) is 2.15. The second-order valence-corrected chi connectivity index (χ2v) is 5.59. The van der Waals surface area contributed by atoms with E-state index in [9.17, 15) is 9.59 Å². The maximum atomic E-state index is 12.1. The van der Waals surface area contributed by atoms with Crippen molar-refractivity contribution >= 4 is 17.5 Å². The first kappa shape index (κ1) is 14.3. The minimum atomic E-state index is -0.198. The van der Waals surface area contributed by atoms with Gasteiger partial charge in [-0.2, -0.15) is 0 Å². The van der Waals surface area contributed by atoms with Gasteiger partial charge in [-0.25, -0.2) is 0 Å². The van der Waals surface area contributed by atoms with Crippen LogP contribution >= 0.6 is 0 Å². The number of hydrogen-bond donors (Lipinski definition) is 1. The van der Waals surface area contributed by atoms with E-state index in [1.54, 1.807) is 17.9 Å². The van der Waals surface area contributed by atoms with Crippen LogP contribution in [0.2, 0.25) is 0 Å². The number of likely N-dealkylation sites (tertiary alicyclic amines) is 1. The zero-order chi connectivity index (χ0) is 15.7. The number of aromatic nitrogens is 1. The van der Waals surface area contributed by atoms with Crippen molar-refractivity contribution in [3.63, 3.8) is 0 Å². The maximum absolute atomic E-state index is 12.1. The molecule has 3 rings (SSSR count). The van der Waals surface area contributed by atoms with Gasteiger partial charge in [0, 0.05) is 24.8 Å². The molecule has 2 aromatic rings. The topological polar surface area (TPSA) is 75.4 Å². The van der Waals surface area contributed by atoms with E-state index >= 15 is 0 Å². The molecule has 1 aliphatic heterocycles. The van der Waals surface area contributed by atoms with Gasteiger partial charge in [0.2, 0.25) is 5.91 Å². The van der Waals surface area contributed by atoms with Crippen molar-refractivity contribution < 1.29 is 14.1 Å². The minimum absolute atomic E-state index is 0.0639. The highest BCUT2D eigenvalue weighted by Crippen LogP contribution is 2.21. The summed E-state index contributed by atoms with van der Waals surface area (Å²) in [5, 5.41) is 6.58. The van der Waals surface area contributed by atoms with Crippen LogP contribution in [-0.4, -0.2) is 35.0 Å². The minimum Gasteiger partial charge on any atom is -0.361 e. The van der Waals surface area contributed by atoms with E-state index in [1.165, 1.54) is 0 Å². The number of carbonyl (C=O) groups excluding carboxylic acids is 2. The second kappa shape index (κ2) is 5.63. The van der Waals surface area contributed by atoms with Crippen LogP contribution in [0.1, 0.15) is 21.8 Å². The molecule has 0 saturated carbocycles. The van der Waals surface area contributed by atoms with Gasteiger partial charge < -0.3 is 14.7 Å². The van der Waals surface area contributed by atoms with Crippen molar-refractivity contribution in [3.05, 3.63) is 47.3 Å². The predicted molar refractivity (Wildman–Crippen MR) is 80.4 cm³/mol. The fraction of sp³-hybridized carbons (Fsp3) is 0.312. The van der Waals surface area contributed by atoms with Crippen LogP contribution in [0.5, 0.6) is 0 Å². The fourth-order valence-corrected chi connectivity index (χ4v) is 2.41. The van der Waals surface area contributed by atoms with Gasteiger partial charge in [0.1, 0.15) is 5.76 Å². The maximum Gasteiger partial charge on any atom is 0.276 e. The van der Waals surface area contributed by atoms with Crippen LogP contribution in [0.25, 0.3) is 0 Å². The van der Waals surface area contributed by atoms with Gasteiger partial charge in [0.15, 0.2) is 5.69 Å². The molecule has 114 valence electrons. The van der Waals surface area contributed by atoms with E-state index in [0.29, 0.717) is 18.8 Å². The Hall–Kier alpha value is -2.63. The number of nitrogens with zero attached hydrogens (tertiary/aromatic N) is 2. The summed E-state index contributed by atoms with van der Waals surface area (Å²) in [6.45, 7) is 4.52. The lowest BCUT2D eigenvalue weighted by molar-refractivity contribution is -0.123. The Labute approximate surface area is 128 Å². The van der Waals surface area contributed by atoms with Crippen LogP contribution in [0.4, 0.5) is 5.69 Å². The lowest BCUT2D eigenvalue weighted by Gasteiger charge is -2.37. The summed E-state index contributed by atoms with van der Waals surface area (Å²) in [6.07, 6.45) is 0. The summed E-state index contributed by atoms with van der Waals surface area (Å²) >= 11 is 0. The molecule has 1 N–H and O–H groups in total. The Morgan fingerprint density at radius 1 is 1.27 bits per heavy atom. The molecule has 2 heterocycles. The molecule has 1 saturated heterocycles. The first-order valence-electron chi connectivity index (χ1n) is 7.13. The zero-order valence-electron chi connectivity index (χ0n) is 12.5. The molecule has 0 spiro atoms. The monoisotopic (exact) mass is 299 g/mol. The van der Waals surface area contributed by atoms with Gasteiger partial charge in [-0.3, -0.25) is 9.59 Å². The van der Waals surface area contributed by atoms with Crippen molar-refractivity contribution in [2.24, 2.45) is 5.92 Å². The molecule has 1 aromatic carbocycles. The third-order valence-corrected chi connectivity index (χ3v) is 3.67. The molecule has 1 fully saturated rings. The standard InChI is InChI=1S/C16H17N3O3/c1-10-4-3-5-13(6-10)17-15(20)12-8-19(9-12)16(21)14-7-11(2)22-18-14/h3-7,12H,8-9H2,1-2H3,(H,17,20). The molecule has 0 bridgehead atoms. The van der Waals surface area contributed by atoms with Crippen molar-refractivity contribution in [1.82, 2.24) is 10.1 Å². The molecular weight excluding hydrogens is 282 g/mol. The number of nitrogens with one attached hydrogen (secondary N) is 1. The average molecular weight is 299 g/mol. The van der Waals surface area contributed by atoms with E-state index in [4.69, 9.17) is 4.52 Å². The lowest BCUT2D eigenvalue weighted by atomic mass is 9.98. The molecule has 2 amide bonds. The number of hydrogen-bond acceptors (Lipinski definition) is 4. The van der Waals surface area contributed by atoms with E-state index in [0.717, 1.165) is 11.3 Å². The third kappa shape index (κ3) is 2.86. The van der Waals surface area contributed by atoms with Gasteiger partial charge >= 0.3 is 0 Å². The Bertz CT molecular complexity index is 717. The average Bonchev–Trinajstić information content (AvgIpc) is 2.83. The third-order valence-electron chi connectivity index (χ3n) is 3.67. The highest BCUT2D eigenvalue weighted by Gasteiger charge is 2.37. The quantitative estimate of drug-likeness (QED) is 0.940. The second-order valence-electron chi connectivity index (χ2n) is 5.59. The molecule has 1 aliphatic rings. The molecule has 0 aliphatic carbocycles. The van der Waals surface area contributed by atoms with Crippen LogP contribution in [0.15, 0.2) is 34.9 Å². The highest BCUT2D eigenvalue weighted by atomic mass is 16.5. The molecule has 6 nitrogen and oxygen atoms in total. The number of aryl methyl sites for hydroxylation is 2. The Balaban J connectivity index is 1.54. The molecule has 0 radical (unpaired) electrons. The molecule has 1 aromatic heterocycles. The predicted octanol–water partition coefficient (Wildman–Crippen LogP) is 2.00. The normalized spacial score (nSPS) is 14.5. The van der Waals surface area contributed by atoms with Crippen LogP contribution < -0.4 is 5.32 Å². The Kier molecular flexibility index (Phi) is 3.66. The number of benzene rings is 1. The summed E-state index contributed by atoms with van der Waals surface area (Å²) < 4.78 is 4.89. The SMILES string of the molecule is Cc1cccc(NC(=O)C2CN(C(=O)c3cc(C)on3)C2)c1. The van der Waals surface area contributed by atoms with Gasteiger partial charge in [0.25, 0.3) is 5.91 Å². The number of amides is 2.